The number of aromatic amines is 1. The van der Waals surface area contributed by atoms with Gasteiger partial charge in [-0.1, -0.05) is 36.4 Å². The predicted molar refractivity (Wildman–Crippen MR) is 110 cm³/mol. The number of amides is 2. The van der Waals surface area contributed by atoms with Gasteiger partial charge in [0.1, 0.15) is 0 Å². The molecule has 0 spiro atoms. The van der Waals surface area contributed by atoms with E-state index in [2.05, 4.69) is 20.9 Å². The molecule has 3 N–H and O–H groups in total. The first kappa shape index (κ1) is 18.5. The van der Waals surface area contributed by atoms with Crippen molar-refractivity contribution in [1.82, 2.24) is 25.6 Å². The largest absolute Gasteiger partial charge is 0.361 e. The Morgan fingerprint density at radius 1 is 0.966 bits per heavy atom. The first-order valence-electron chi connectivity index (χ1n) is 9.41. The van der Waals surface area contributed by atoms with E-state index in [0.717, 1.165) is 27.7 Å². The van der Waals surface area contributed by atoms with Crippen molar-refractivity contribution in [3.8, 4) is 5.69 Å². The smallest absolute Gasteiger partial charge is 0.242 e. The molecule has 0 radical (unpaired) electrons. The number of nitrogens with one attached hydrogen (secondary N) is 3. The molecule has 0 aliphatic rings. The number of hydrogen-bond acceptors (Lipinski definition) is 3. The maximum Gasteiger partial charge on any atom is 0.242 e. The number of nitrogens with zero attached hydrogens (tertiary/aromatic N) is 2. The molecule has 2 amide bonds. The van der Waals surface area contributed by atoms with Crippen LogP contribution in [0.2, 0.25) is 0 Å². The summed E-state index contributed by atoms with van der Waals surface area (Å²) in [6, 6.07) is 17.6. The second-order valence-corrected chi connectivity index (χ2v) is 6.76. The van der Waals surface area contributed by atoms with Gasteiger partial charge in [0.05, 0.1) is 18.3 Å². The zero-order chi connectivity index (χ0) is 20.1. The van der Waals surface area contributed by atoms with Crippen LogP contribution in [0.15, 0.2) is 73.2 Å². The molecule has 0 aliphatic heterocycles. The number of fused-ring (bicyclic) bond motifs is 1. The van der Waals surface area contributed by atoms with Gasteiger partial charge in [-0.05, 0) is 35.7 Å². The first-order chi connectivity index (χ1) is 14.2. The highest BCUT2D eigenvalue weighted by Crippen LogP contribution is 2.17. The van der Waals surface area contributed by atoms with E-state index in [1.807, 2.05) is 67.0 Å². The molecule has 29 heavy (non-hydrogen) atoms. The Hall–Kier alpha value is -3.87. The molecule has 0 unspecified atom stereocenters. The molecule has 0 saturated heterocycles. The molecule has 146 valence electrons. The lowest BCUT2D eigenvalue weighted by Gasteiger charge is -2.06. The minimum absolute atomic E-state index is 0.189. The van der Waals surface area contributed by atoms with Crippen LogP contribution in [-0.2, 0) is 22.4 Å². The van der Waals surface area contributed by atoms with Gasteiger partial charge in [0.25, 0.3) is 0 Å². The fraction of sp³-hybridized carbons (Fsp3) is 0.136. The van der Waals surface area contributed by atoms with Crippen molar-refractivity contribution in [1.29, 1.82) is 0 Å². The number of aromatic nitrogens is 3. The molecule has 0 bridgehead atoms. The number of carbonyl (C=O) groups excluding carboxylic acids is 2. The highest BCUT2D eigenvalue weighted by molar-refractivity contribution is 5.89. The van der Waals surface area contributed by atoms with Gasteiger partial charge in [-0.2, -0.15) is 5.10 Å². The van der Waals surface area contributed by atoms with Crippen LogP contribution in [0.3, 0.4) is 0 Å². The number of para-hydroxylation sites is 2. The maximum absolute atomic E-state index is 12.1. The van der Waals surface area contributed by atoms with E-state index in [4.69, 9.17) is 0 Å². The van der Waals surface area contributed by atoms with Crippen LogP contribution >= 0.6 is 0 Å². The molecule has 2 heterocycles. The average molecular weight is 387 g/mol. The maximum atomic E-state index is 12.1. The van der Waals surface area contributed by atoms with Gasteiger partial charge in [-0.25, -0.2) is 4.68 Å². The molecular weight excluding hydrogens is 366 g/mol. The van der Waals surface area contributed by atoms with E-state index < -0.39 is 0 Å². The lowest BCUT2D eigenvalue weighted by atomic mass is 10.1. The minimum Gasteiger partial charge on any atom is -0.361 e. The van der Waals surface area contributed by atoms with Crippen molar-refractivity contribution in [2.75, 3.05) is 0 Å². The summed E-state index contributed by atoms with van der Waals surface area (Å²) in [7, 11) is 0. The summed E-state index contributed by atoms with van der Waals surface area (Å²) >= 11 is 0. The normalized spacial score (nSPS) is 10.8. The third-order valence-electron chi connectivity index (χ3n) is 4.66. The van der Waals surface area contributed by atoms with E-state index in [1.165, 1.54) is 0 Å². The number of rotatable bonds is 6. The van der Waals surface area contributed by atoms with E-state index in [9.17, 15) is 9.59 Å². The van der Waals surface area contributed by atoms with Crippen molar-refractivity contribution < 1.29 is 9.59 Å². The van der Waals surface area contributed by atoms with E-state index in [1.54, 1.807) is 10.9 Å². The Labute approximate surface area is 167 Å². The van der Waals surface area contributed by atoms with Crippen LogP contribution < -0.4 is 10.9 Å². The van der Waals surface area contributed by atoms with Crippen molar-refractivity contribution in [2.45, 2.75) is 19.3 Å². The highest BCUT2D eigenvalue weighted by Gasteiger charge is 2.10. The Bertz CT molecular complexity index is 1130. The molecule has 2 aromatic heterocycles. The van der Waals surface area contributed by atoms with Gasteiger partial charge in [-0.15, -0.1) is 0 Å². The van der Waals surface area contributed by atoms with Crippen LogP contribution in [0, 0.1) is 0 Å². The lowest BCUT2D eigenvalue weighted by Crippen LogP contribution is -2.42. The summed E-state index contributed by atoms with van der Waals surface area (Å²) < 4.78 is 1.77. The van der Waals surface area contributed by atoms with E-state index in [0.29, 0.717) is 6.42 Å². The monoisotopic (exact) mass is 387 g/mol. The number of hydrazine groups is 1. The predicted octanol–water partition coefficient (Wildman–Crippen LogP) is 2.68. The number of H-pyrrole nitrogens is 1. The second kappa shape index (κ2) is 8.43. The Morgan fingerprint density at radius 3 is 2.59 bits per heavy atom. The molecule has 0 atom stereocenters. The minimum atomic E-state index is -0.264. The van der Waals surface area contributed by atoms with E-state index >= 15 is 0 Å². The van der Waals surface area contributed by atoms with Crippen molar-refractivity contribution >= 4 is 22.7 Å². The van der Waals surface area contributed by atoms with Crippen LogP contribution in [-0.4, -0.2) is 26.6 Å². The van der Waals surface area contributed by atoms with Crippen LogP contribution in [0.5, 0.6) is 0 Å². The van der Waals surface area contributed by atoms with Crippen molar-refractivity contribution in [3.63, 3.8) is 0 Å². The molecule has 0 saturated carbocycles. The summed E-state index contributed by atoms with van der Waals surface area (Å²) in [4.78, 5) is 27.3. The molecule has 2 aromatic carbocycles. The van der Waals surface area contributed by atoms with Crippen molar-refractivity contribution in [3.05, 3.63) is 84.3 Å². The van der Waals surface area contributed by atoms with Gasteiger partial charge >= 0.3 is 0 Å². The van der Waals surface area contributed by atoms with Gasteiger partial charge in [0.2, 0.25) is 11.8 Å². The molecule has 4 rings (SSSR count). The van der Waals surface area contributed by atoms with Crippen LogP contribution in [0.1, 0.15) is 17.5 Å². The zero-order valence-electron chi connectivity index (χ0n) is 15.8. The topological polar surface area (TPSA) is 91.8 Å². The van der Waals surface area contributed by atoms with E-state index in [-0.39, 0.29) is 24.7 Å². The molecule has 0 fully saturated rings. The number of carbonyl (C=O) groups is 2. The lowest BCUT2D eigenvalue weighted by molar-refractivity contribution is -0.128. The summed E-state index contributed by atoms with van der Waals surface area (Å²) in [5, 5.41) is 5.32. The highest BCUT2D eigenvalue weighted by atomic mass is 16.2. The number of benzene rings is 2. The Kier molecular flexibility index (Phi) is 5.38. The third kappa shape index (κ3) is 4.52. The van der Waals surface area contributed by atoms with Gasteiger partial charge in [0.15, 0.2) is 0 Å². The quantitative estimate of drug-likeness (QED) is 0.444. The van der Waals surface area contributed by atoms with Crippen LogP contribution in [0.4, 0.5) is 0 Å². The number of aryl methyl sites for hydroxylation is 1. The standard InChI is InChI=1S/C22H21N5O2/c28-21(11-10-16-13-24-27(15-16)18-6-2-1-3-7-18)25-26-22(29)12-17-14-23-20-9-5-4-8-19(17)20/h1-9,13-15,23H,10-12H2,(H,25,28)(H,26,29). The summed E-state index contributed by atoms with van der Waals surface area (Å²) in [6.07, 6.45) is 6.45. The first-order valence-corrected chi connectivity index (χ1v) is 9.41. The SMILES string of the molecule is O=C(CCc1cnn(-c2ccccc2)c1)NNC(=O)Cc1c[nH]c2ccccc12. The molecule has 4 aromatic rings. The third-order valence-corrected chi connectivity index (χ3v) is 4.66. The summed E-state index contributed by atoms with van der Waals surface area (Å²) in [5.74, 6) is -0.510. The molecule has 7 heteroatoms. The summed E-state index contributed by atoms with van der Waals surface area (Å²) in [5.41, 5.74) is 8.75. The van der Waals surface area contributed by atoms with Gasteiger partial charge < -0.3 is 4.98 Å². The Balaban J connectivity index is 1.24. The van der Waals surface area contributed by atoms with Crippen LogP contribution in [0.25, 0.3) is 16.6 Å². The number of hydrogen-bond donors (Lipinski definition) is 3. The Morgan fingerprint density at radius 2 is 1.72 bits per heavy atom. The fourth-order valence-electron chi connectivity index (χ4n) is 3.17. The zero-order valence-corrected chi connectivity index (χ0v) is 15.8. The summed E-state index contributed by atoms with van der Waals surface area (Å²) in [6.45, 7) is 0. The second-order valence-electron chi connectivity index (χ2n) is 6.76. The van der Waals surface area contributed by atoms with Gasteiger partial charge in [0, 0.05) is 29.7 Å². The fourth-order valence-corrected chi connectivity index (χ4v) is 3.17. The van der Waals surface area contributed by atoms with Gasteiger partial charge in [-0.3, -0.25) is 20.4 Å². The average Bonchev–Trinajstić information content (AvgIpc) is 3.39. The molecule has 7 nitrogen and oxygen atoms in total. The molecular formula is C22H21N5O2. The molecule has 0 aliphatic carbocycles. The van der Waals surface area contributed by atoms with Crippen molar-refractivity contribution in [2.24, 2.45) is 0 Å².